The molecule has 3 rings (SSSR count). The fourth-order valence-electron chi connectivity index (χ4n) is 4.28. The number of aldehydes is 1. The van der Waals surface area contributed by atoms with Crippen LogP contribution in [-0.4, -0.2) is 20.7 Å². The molecule has 0 unspecified atom stereocenters. The van der Waals surface area contributed by atoms with Crippen LogP contribution in [0.5, 0.6) is 0 Å². The number of hydrogen-bond acceptors (Lipinski definition) is 2. The molecule has 1 aliphatic rings. The summed E-state index contributed by atoms with van der Waals surface area (Å²) in [4.78, 5) is 11.1. The first-order valence-electron chi connectivity index (χ1n) is 9.71. The first kappa shape index (κ1) is 19.1. The molecule has 1 saturated carbocycles. The number of carbonyl (C=O) groups excluding carboxylic acids is 1. The molecule has 0 heterocycles. The second-order valence-electron chi connectivity index (χ2n) is 8.45. The molecule has 1 fully saturated rings. The zero-order chi connectivity index (χ0) is 18.6. The SMILES string of the molecule is CC(C)(C)[Si](O[C@H]1CC[C@H](C=O)CC1)(c1ccccc1)c1ccccc1. The Labute approximate surface area is 158 Å². The van der Waals surface area contributed by atoms with Gasteiger partial charge in [-0.1, -0.05) is 81.4 Å². The molecular weight excluding hydrogens is 336 g/mol. The van der Waals surface area contributed by atoms with Crippen LogP contribution >= 0.6 is 0 Å². The molecule has 0 aliphatic heterocycles. The lowest BCUT2D eigenvalue weighted by atomic mass is 9.89. The van der Waals surface area contributed by atoms with Crippen LogP contribution in [0.1, 0.15) is 46.5 Å². The van der Waals surface area contributed by atoms with Crippen molar-refractivity contribution in [3.8, 4) is 0 Å². The minimum absolute atomic E-state index is 0.0111. The minimum atomic E-state index is -2.46. The second kappa shape index (κ2) is 7.89. The van der Waals surface area contributed by atoms with Gasteiger partial charge >= 0.3 is 0 Å². The van der Waals surface area contributed by atoms with E-state index in [1.54, 1.807) is 0 Å². The van der Waals surface area contributed by atoms with Crippen molar-refractivity contribution in [3.63, 3.8) is 0 Å². The van der Waals surface area contributed by atoms with Gasteiger partial charge < -0.3 is 9.22 Å². The molecule has 0 N–H and O–H groups in total. The van der Waals surface area contributed by atoms with E-state index in [4.69, 9.17) is 4.43 Å². The summed E-state index contributed by atoms with van der Waals surface area (Å²) >= 11 is 0. The molecule has 1 aliphatic carbocycles. The molecule has 3 heteroatoms. The van der Waals surface area contributed by atoms with E-state index in [0.717, 1.165) is 32.0 Å². The number of carbonyl (C=O) groups is 1. The first-order valence-corrected chi connectivity index (χ1v) is 11.6. The highest BCUT2D eigenvalue weighted by atomic mass is 28.4. The average molecular weight is 367 g/mol. The maximum Gasteiger partial charge on any atom is 0.261 e. The summed E-state index contributed by atoms with van der Waals surface area (Å²) in [7, 11) is -2.46. The Morgan fingerprint density at radius 3 is 1.69 bits per heavy atom. The predicted octanol–water partition coefficient (Wildman–Crippen LogP) is 4.32. The summed E-state index contributed by atoms with van der Waals surface area (Å²) < 4.78 is 7.13. The van der Waals surface area contributed by atoms with E-state index in [-0.39, 0.29) is 17.1 Å². The molecule has 138 valence electrons. The zero-order valence-corrected chi connectivity index (χ0v) is 17.2. The van der Waals surface area contributed by atoms with Gasteiger partial charge in [0.25, 0.3) is 8.32 Å². The average Bonchev–Trinajstić information content (AvgIpc) is 2.67. The van der Waals surface area contributed by atoms with Crippen LogP contribution < -0.4 is 10.4 Å². The Morgan fingerprint density at radius 1 is 0.846 bits per heavy atom. The lowest BCUT2D eigenvalue weighted by Gasteiger charge is -2.46. The van der Waals surface area contributed by atoms with Crippen LogP contribution in [0.15, 0.2) is 60.7 Å². The monoisotopic (exact) mass is 366 g/mol. The molecule has 26 heavy (non-hydrogen) atoms. The van der Waals surface area contributed by atoms with Crippen LogP contribution in [0.3, 0.4) is 0 Å². The predicted molar refractivity (Wildman–Crippen MR) is 111 cm³/mol. The lowest BCUT2D eigenvalue weighted by Crippen LogP contribution is -2.67. The molecule has 2 aromatic rings. The van der Waals surface area contributed by atoms with Gasteiger partial charge in [-0.2, -0.15) is 0 Å². The molecule has 0 amide bonds. The Morgan fingerprint density at radius 2 is 1.31 bits per heavy atom. The van der Waals surface area contributed by atoms with E-state index >= 15 is 0 Å². The van der Waals surface area contributed by atoms with E-state index in [0.29, 0.717) is 0 Å². The van der Waals surface area contributed by atoms with Gasteiger partial charge in [0, 0.05) is 12.0 Å². The van der Waals surface area contributed by atoms with E-state index in [9.17, 15) is 4.79 Å². The first-order chi connectivity index (χ1) is 12.5. The summed E-state index contributed by atoms with van der Waals surface area (Å²) in [5.74, 6) is 0.217. The van der Waals surface area contributed by atoms with E-state index in [1.165, 1.54) is 10.4 Å². The molecule has 2 nitrogen and oxygen atoms in total. The quantitative estimate of drug-likeness (QED) is 0.582. The normalized spacial score (nSPS) is 21.3. The van der Waals surface area contributed by atoms with Gasteiger partial charge in [-0.3, -0.25) is 0 Å². The maximum absolute atomic E-state index is 11.1. The topological polar surface area (TPSA) is 26.3 Å². The van der Waals surface area contributed by atoms with E-state index < -0.39 is 8.32 Å². The van der Waals surface area contributed by atoms with Crippen molar-refractivity contribution in [1.29, 1.82) is 0 Å². The summed E-state index contributed by atoms with van der Waals surface area (Å²) in [6, 6.07) is 21.6. The lowest BCUT2D eigenvalue weighted by molar-refractivity contribution is -0.112. The van der Waals surface area contributed by atoms with Crippen LogP contribution in [-0.2, 0) is 9.22 Å². The van der Waals surface area contributed by atoms with Crippen molar-refractivity contribution in [2.45, 2.75) is 57.6 Å². The number of benzene rings is 2. The van der Waals surface area contributed by atoms with Gasteiger partial charge in [-0.25, -0.2) is 0 Å². The van der Waals surface area contributed by atoms with Gasteiger partial charge in [0.2, 0.25) is 0 Å². The van der Waals surface area contributed by atoms with Crippen molar-refractivity contribution in [2.24, 2.45) is 5.92 Å². The van der Waals surface area contributed by atoms with Crippen molar-refractivity contribution in [2.75, 3.05) is 0 Å². The third kappa shape index (κ3) is 3.69. The van der Waals surface area contributed by atoms with E-state index in [1.807, 2.05) is 0 Å². The second-order valence-corrected chi connectivity index (χ2v) is 12.7. The Hall–Kier alpha value is -1.71. The molecule has 0 bridgehead atoms. The standard InChI is InChI=1S/C23H30O2Si/c1-23(2,3)26(21-10-6-4-7-11-21,22-12-8-5-9-13-22)25-20-16-14-19(18-24)15-17-20/h4-13,18-20H,14-17H2,1-3H3/t19-,20-. The minimum Gasteiger partial charge on any atom is -0.404 e. The summed E-state index contributed by atoms with van der Waals surface area (Å²) in [6.45, 7) is 6.95. The van der Waals surface area contributed by atoms with Gasteiger partial charge in [0.05, 0.1) is 0 Å². The third-order valence-corrected chi connectivity index (χ3v) is 10.8. The van der Waals surface area contributed by atoms with E-state index in [2.05, 4.69) is 81.4 Å². The molecule has 0 aromatic heterocycles. The van der Waals surface area contributed by atoms with Crippen LogP contribution in [0.2, 0.25) is 5.04 Å². The fourth-order valence-corrected chi connectivity index (χ4v) is 9.03. The van der Waals surface area contributed by atoms with Crippen molar-refractivity contribution < 1.29 is 9.22 Å². The fraction of sp³-hybridized carbons (Fsp3) is 0.435. The molecule has 0 radical (unpaired) electrons. The van der Waals surface area contributed by atoms with Gasteiger partial charge in [0.1, 0.15) is 6.29 Å². The largest absolute Gasteiger partial charge is 0.404 e. The van der Waals surface area contributed by atoms with Crippen molar-refractivity contribution in [1.82, 2.24) is 0 Å². The van der Waals surface area contributed by atoms with Crippen LogP contribution in [0.25, 0.3) is 0 Å². The van der Waals surface area contributed by atoms with Gasteiger partial charge in [0.15, 0.2) is 0 Å². The van der Waals surface area contributed by atoms with Crippen LogP contribution in [0, 0.1) is 5.92 Å². The third-order valence-electron chi connectivity index (χ3n) is 5.67. The zero-order valence-electron chi connectivity index (χ0n) is 16.2. The van der Waals surface area contributed by atoms with Gasteiger partial charge in [-0.15, -0.1) is 0 Å². The molecular formula is C23H30O2Si. The highest BCUT2D eigenvalue weighted by Crippen LogP contribution is 2.39. The molecule has 0 spiro atoms. The highest BCUT2D eigenvalue weighted by molar-refractivity contribution is 6.99. The number of rotatable bonds is 5. The smallest absolute Gasteiger partial charge is 0.261 e. The van der Waals surface area contributed by atoms with Crippen molar-refractivity contribution >= 4 is 25.0 Å². The molecule has 2 aromatic carbocycles. The van der Waals surface area contributed by atoms with Crippen molar-refractivity contribution in [3.05, 3.63) is 60.7 Å². The Kier molecular flexibility index (Phi) is 5.78. The molecule has 0 atom stereocenters. The van der Waals surface area contributed by atoms with Gasteiger partial charge in [-0.05, 0) is 41.1 Å². The maximum atomic E-state index is 11.1. The summed E-state index contributed by atoms with van der Waals surface area (Å²) in [5.41, 5.74) is 0. The summed E-state index contributed by atoms with van der Waals surface area (Å²) in [5, 5.41) is 2.67. The van der Waals surface area contributed by atoms with Crippen LogP contribution in [0.4, 0.5) is 0 Å². The summed E-state index contributed by atoms with van der Waals surface area (Å²) in [6.07, 6.45) is 5.22. The molecule has 0 saturated heterocycles. The number of hydrogen-bond donors (Lipinski definition) is 0. The Balaban J connectivity index is 2.05. The highest BCUT2D eigenvalue weighted by Gasteiger charge is 2.51. The Bertz CT molecular complexity index is 658.